The first kappa shape index (κ1) is 23.8. The number of nitrogens with one attached hydrogen (secondary N) is 1. The zero-order valence-corrected chi connectivity index (χ0v) is 14.0. The molecule has 2 aromatic heterocycles. The van der Waals surface area contributed by atoms with E-state index in [0.29, 0.717) is 11.7 Å². The topological polar surface area (TPSA) is 138 Å². The smallest absolute Gasteiger partial charge is 0.475 e. The molecule has 15 heteroatoms. The zero-order valence-electron chi connectivity index (χ0n) is 14.0. The molecule has 3 N–H and O–H groups in total. The summed E-state index contributed by atoms with van der Waals surface area (Å²) < 4.78 is 68.7. The van der Waals surface area contributed by atoms with Crippen LogP contribution >= 0.6 is 0 Å². The fourth-order valence-corrected chi connectivity index (χ4v) is 1.48. The molecule has 0 amide bonds. The van der Waals surface area contributed by atoms with E-state index in [0.717, 1.165) is 24.5 Å². The molecule has 29 heavy (non-hydrogen) atoms. The molecule has 0 bridgehead atoms. The summed E-state index contributed by atoms with van der Waals surface area (Å²) in [6.45, 7) is 1.86. The first-order valence-corrected chi connectivity index (χ1v) is 7.37. The summed E-state index contributed by atoms with van der Waals surface area (Å²) in [6.07, 6.45) is -6.73. The van der Waals surface area contributed by atoms with Crippen molar-refractivity contribution in [3.05, 3.63) is 30.4 Å². The summed E-state index contributed by atoms with van der Waals surface area (Å²) in [6, 6.07) is 3.74. The van der Waals surface area contributed by atoms with Crippen LogP contribution in [0.1, 0.15) is 11.8 Å². The number of aromatic nitrogens is 3. The van der Waals surface area contributed by atoms with Crippen LogP contribution in [0.2, 0.25) is 0 Å². The molecule has 160 valence electrons. The van der Waals surface area contributed by atoms with E-state index in [9.17, 15) is 26.3 Å². The van der Waals surface area contributed by atoms with Crippen molar-refractivity contribution in [2.24, 2.45) is 0 Å². The number of hydrogen-bond acceptors (Lipinski definition) is 7. The van der Waals surface area contributed by atoms with Crippen LogP contribution in [0.25, 0.3) is 11.4 Å². The monoisotopic (exact) mass is 430 g/mol. The van der Waals surface area contributed by atoms with Gasteiger partial charge in [-0.25, -0.2) is 9.59 Å². The number of alkyl halides is 6. The second-order valence-electron chi connectivity index (χ2n) is 5.15. The molecule has 0 aromatic carbocycles. The molecule has 0 unspecified atom stereocenters. The number of aliphatic carboxylic acids is 2. The minimum atomic E-state index is -5.08. The van der Waals surface area contributed by atoms with Crippen LogP contribution < -0.4 is 5.32 Å². The van der Waals surface area contributed by atoms with Crippen molar-refractivity contribution in [3.63, 3.8) is 0 Å². The minimum absolute atomic E-state index is 0.382. The second-order valence-corrected chi connectivity index (χ2v) is 5.15. The predicted octanol–water partition coefficient (Wildman–Crippen LogP) is 2.08. The van der Waals surface area contributed by atoms with Gasteiger partial charge >= 0.3 is 24.3 Å². The lowest BCUT2D eigenvalue weighted by molar-refractivity contribution is -0.193. The molecule has 0 aliphatic carbocycles. The number of rotatable bonds is 2. The standard InChI is InChI=1S/C10H10N4O.2C2HF3O2/c1-3-11-4-2-7(1)9-13-10(15-14-9)8-5-12-6-8;2*3-2(4,5)1(6)7/h1-4,8,12H,5-6H2;2*(H,6,7). The van der Waals surface area contributed by atoms with Crippen molar-refractivity contribution < 1.29 is 50.7 Å². The Morgan fingerprint density at radius 2 is 1.45 bits per heavy atom. The van der Waals surface area contributed by atoms with E-state index in [1.54, 1.807) is 12.4 Å². The van der Waals surface area contributed by atoms with Crippen LogP contribution in [0.5, 0.6) is 0 Å². The largest absolute Gasteiger partial charge is 0.490 e. The van der Waals surface area contributed by atoms with Crippen molar-refractivity contribution in [1.29, 1.82) is 0 Å². The molecule has 1 aliphatic heterocycles. The highest BCUT2D eigenvalue weighted by atomic mass is 19.4. The summed E-state index contributed by atoms with van der Waals surface area (Å²) in [5, 5.41) is 21.4. The molecule has 1 fully saturated rings. The second kappa shape index (κ2) is 9.81. The van der Waals surface area contributed by atoms with Crippen molar-refractivity contribution in [3.8, 4) is 11.4 Å². The Kier molecular flexibility index (Phi) is 8.05. The number of carboxylic acid groups (broad SMARTS) is 2. The molecule has 0 radical (unpaired) electrons. The van der Waals surface area contributed by atoms with Crippen LogP contribution in [0.4, 0.5) is 26.3 Å². The SMILES string of the molecule is O=C(O)C(F)(F)F.O=C(O)C(F)(F)F.c1cc(-c2noc(C3CNC3)n2)ccn1. The van der Waals surface area contributed by atoms with Crippen LogP contribution in [-0.4, -0.2) is 62.7 Å². The number of carbonyl (C=O) groups is 2. The van der Waals surface area contributed by atoms with Crippen molar-refractivity contribution >= 4 is 11.9 Å². The molecular weight excluding hydrogens is 418 g/mol. The Balaban J connectivity index is 0.000000255. The van der Waals surface area contributed by atoms with Crippen molar-refractivity contribution in [2.45, 2.75) is 18.3 Å². The highest BCUT2D eigenvalue weighted by molar-refractivity contribution is 5.73. The van der Waals surface area contributed by atoms with Crippen LogP contribution in [0.3, 0.4) is 0 Å². The average Bonchev–Trinajstić information content (AvgIpc) is 3.03. The van der Waals surface area contributed by atoms with E-state index in [4.69, 9.17) is 24.3 Å². The van der Waals surface area contributed by atoms with E-state index in [2.05, 4.69) is 20.4 Å². The van der Waals surface area contributed by atoms with E-state index in [-0.39, 0.29) is 0 Å². The van der Waals surface area contributed by atoms with E-state index in [1.807, 2.05) is 12.1 Å². The lowest BCUT2D eigenvalue weighted by Crippen LogP contribution is -2.40. The van der Waals surface area contributed by atoms with Crippen LogP contribution in [-0.2, 0) is 9.59 Å². The molecule has 3 rings (SSSR count). The number of carboxylic acids is 2. The highest BCUT2D eigenvalue weighted by Gasteiger charge is 2.38. The molecule has 0 saturated carbocycles. The first-order chi connectivity index (χ1) is 13.3. The summed E-state index contributed by atoms with van der Waals surface area (Å²) in [4.78, 5) is 26.1. The number of nitrogens with zero attached hydrogens (tertiary/aromatic N) is 3. The Hall–Kier alpha value is -3.23. The van der Waals surface area contributed by atoms with Gasteiger partial charge in [-0.2, -0.15) is 31.3 Å². The van der Waals surface area contributed by atoms with Gasteiger partial charge in [0, 0.05) is 31.0 Å². The lowest BCUT2D eigenvalue weighted by atomic mass is 10.0. The third-order valence-electron chi connectivity index (χ3n) is 3.00. The predicted molar refractivity (Wildman–Crippen MR) is 80.5 cm³/mol. The summed E-state index contributed by atoms with van der Waals surface area (Å²) in [7, 11) is 0. The maximum Gasteiger partial charge on any atom is 0.490 e. The third-order valence-corrected chi connectivity index (χ3v) is 3.00. The molecule has 0 spiro atoms. The van der Waals surface area contributed by atoms with Gasteiger partial charge in [0.1, 0.15) is 0 Å². The number of hydrogen-bond donors (Lipinski definition) is 3. The average molecular weight is 430 g/mol. The molecule has 0 atom stereocenters. The third kappa shape index (κ3) is 8.12. The molecule has 2 aromatic rings. The molecule has 3 heterocycles. The van der Waals surface area contributed by atoms with Gasteiger partial charge in [-0.3, -0.25) is 4.98 Å². The lowest BCUT2D eigenvalue weighted by Gasteiger charge is -2.22. The van der Waals surface area contributed by atoms with Gasteiger partial charge in [-0.1, -0.05) is 5.16 Å². The van der Waals surface area contributed by atoms with Gasteiger partial charge in [0.15, 0.2) is 0 Å². The van der Waals surface area contributed by atoms with Crippen molar-refractivity contribution in [1.82, 2.24) is 20.4 Å². The molecule has 9 nitrogen and oxygen atoms in total. The van der Waals surface area contributed by atoms with Gasteiger partial charge in [-0.05, 0) is 12.1 Å². The zero-order chi connectivity index (χ0) is 22.2. The Labute approximate surface area is 157 Å². The number of halogens is 6. The van der Waals surface area contributed by atoms with Crippen molar-refractivity contribution in [2.75, 3.05) is 13.1 Å². The maximum absolute atomic E-state index is 10.6. The Morgan fingerprint density at radius 3 is 1.79 bits per heavy atom. The van der Waals surface area contributed by atoms with Crippen LogP contribution in [0.15, 0.2) is 29.0 Å². The van der Waals surface area contributed by atoms with E-state index in [1.165, 1.54) is 0 Å². The fraction of sp³-hybridized carbons (Fsp3) is 0.357. The van der Waals surface area contributed by atoms with E-state index >= 15 is 0 Å². The fourth-order valence-electron chi connectivity index (χ4n) is 1.48. The maximum atomic E-state index is 10.6. The van der Waals surface area contributed by atoms with Gasteiger partial charge in [0.25, 0.3) is 0 Å². The summed E-state index contributed by atoms with van der Waals surface area (Å²) >= 11 is 0. The summed E-state index contributed by atoms with van der Waals surface area (Å²) in [5.74, 6) is -3.77. The molecule has 1 aliphatic rings. The summed E-state index contributed by atoms with van der Waals surface area (Å²) in [5.41, 5.74) is 0.937. The molecular formula is C14H12F6N4O5. The normalized spacial score (nSPS) is 13.9. The van der Waals surface area contributed by atoms with Gasteiger partial charge in [0.05, 0.1) is 5.92 Å². The molecule has 1 saturated heterocycles. The van der Waals surface area contributed by atoms with E-state index < -0.39 is 24.3 Å². The Morgan fingerprint density at radius 1 is 1.00 bits per heavy atom. The minimum Gasteiger partial charge on any atom is -0.475 e. The first-order valence-electron chi connectivity index (χ1n) is 7.37. The van der Waals surface area contributed by atoms with Gasteiger partial charge in [0.2, 0.25) is 11.7 Å². The highest BCUT2D eigenvalue weighted by Crippen LogP contribution is 2.21. The van der Waals surface area contributed by atoms with Crippen LogP contribution in [0, 0.1) is 0 Å². The van der Waals surface area contributed by atoms with Gasteiger partial charge < -0.3 is 20.1 Å². The van der Waals surface area contributed by atoms with Gasteiger partial charge in [-0.15, -0.1) is 0 Å². The quantitative estimate of drug-likeness (QED) is 0.611. The number of pyridine rings is 1. The Bertz CT molecular complexity index is 781.